The molecule has 10 heteroatoms. The Balaban J connectivity index is 1.51. The van der Waals surface area contributed by atoms with Gasteiger partial charge in [-0.3, -0.25) is 4.90 Å². The fourth-order valence-electron chi connectivity index (χ4n) is 5.00. The van der Waals surface area contributed by atoms with Crippen molar-refractivity contribution in [1.29, 1.82) is 0 Å². The molecule has 5 rings (SSSR count). The molecule has 0 aliphatic carbocycles. The van der Waals surface area contributed by atoms with Crippen molar-refractivity contribution >= 4 is 29.0 Å². The minimum Gasteiger partial charge on any atom is -0.383 e. The summed E-state index contributed by atoms with van der Waals surface area (Å²) >= 11 is 12.6. The molecule has 1 atom stereocenters. The van der Waals surface area contributed by atoms with Gasteiger partial charge in [0.05, 0.1) is 41.9 Å². The molecule has 2 N–H and O–H groups in total. The molecule has 8 nitrogen and oxygen atoms in total. The van der Waals surface area contributed by atoms with E-state index in [4.69, 9.17) is 28.9 Å². The van der Waals surface area contributed by atoms with Crippen LogP contribution < -0.4 is 5.73 Å². The number of anilines is 1. The lowest BCUT2D eigenvalue weighted by Gasteiger charge is -2.46. The van der Waals surface area contributed by atoms with Gasteiger partial charge in [-0.15, -0.1) is 5.10 Å². The van der Waals surface area contributed by atoms with Gasteiger partial charge < -0.3 is 10.2 Å². The minimum atomic E-state index is 0.322. The van der Waals surface area contributed by atoms with E-state index in [-0.39, 0.29) is 0 Å². The van der Waals surface area contributed by atoms with Gasteiger partial charge >= 0.3 is 0 Å². The highest BCUT2D eigenvalue weighted by Gasteiger charge is 2.36. The first-order chi connectivity index (χ1) is 16.8. The highest BCUT2D eigenvalue weighted by molar-refractivity contribution is 6.43. The van der Waals surface area contributed by atoms with Crippen LogP contribution in [-0.2, 0) is 0 Å². The zero-order valence-electron chi connectivity index (χ0n) is 19.9. The molecule has 3 heterocycles. The van der Waals surface area contributed by atoms with Crippen LogP contribution in [0.5, 0.6) is 0 Å². The second kappa shape index (κ2) is 9.20. The van der Waals surface area contributed by atoms with Crippen molar-refractivity contribution in [1.82, 2.24) is 30.1 Å². The Morgan fingerprint density at radius 2 is 1.83 bits per heavy atom. The average Bonchev–Trinajstić information content (AvgIpc) is 3.30. The summed E-state index contributed by atoms with van der Waals surface area (Å²) in [6.45, 7) is 2.26. The number of halogens is 2. The predicted octanol–water partition coefficient (Wildman–Crippen LogP) is 4.69. The summed E-state index contributed by atoms with van der Waals surface area (Å²) in [5, 5.41) is 12.9. The molecule has 1 saturated heterocycles. The topological polar surface area (TPSA) is 85.8 Å². The third-order valence-corrected chi connectivity index (χ3v) is 7.46. The number of hydrogen-bond acceptors (Lipinski definition) is 6. The van der Waals surface area contributed by atoms with E-state index in [0.29, 0.717) is 39.1 Å². The van der Waals surface area contributed by atoms with E-state index >= 15 is 0 Å². The monoisotopic (exact) mass is 509 g/mol. The van der Waals surface area contributed by atoms with Crippen molar-refractivity contribution in [3.8, 4) is 28.2 Å². The maximum atomic E-state index is 6.42. The summed E-state index contributed by atoms with van der Waals surface area (Å²) in [7, 11) is 6.78. The summed E-state index contributed by atoms with van der Waals surface area (Å²) < 4.78 is 2.46. The van der Waals surface area contributed by atoms with Crippen LogP contribution in [0.3, 0.4) is 0 Å². The summed E-state index contributed by atoms with van der Waals surface area (Å²) in [5.41, 5.74) is 10.7. The molecule has 0 bridgehead atoms. The standard InChI is InChI=1S/C25H27Cl2N8/c1-33-12-5-13-35(2,3)25(33)17-10-8-16(9-11-17)18-14-19(23(28)29-15-18)24-30-31-32-34(24)21-7-4-6-20(26)22(21)27/h4,6-11,14-15,25H,5,12-13H2,1-3H3,(H2,28,29)/q+1. The summed E-state index contributed by atoms with van der Waals surface area (Å²) in [6.07, 6.45) is 3.30. The van der Waals surface area contributed by atoms with Crippen molar-refractivity contribution in [2.75, 3.05) is 40.0 Å². The van der Waals surface area contributed by atoms with Crippen molar-refractivity contribution < 1.29 is 4.48 Å². The molecular formula is C25H27Cl2N8+. The fraction of sp³-hybridized carbons (Fsp3) is 0.280. The Hall–Kier alpha value is -3.04. The Kier molecular flexibility index (Phi) is 6.23. The fourth-order valence-corrected chi connectivity index (χ4v) is 5.37. The van der Waals surface area contributed by atoms with E-state index in [1.807, 2.05) is 6.07 Å². The van der Waals surface area contributed by atoms with Crippen LogP contribution in [0.2, 0.25) is 10.0 Å². The van der Waals surface area contributed by atoms with Gasteiger partial charge in [-0.25, -0.2) is 4.98 Å². The zero-order chi connectivity index (χ0) is 24.7. The minimum absolute atomic E-state index is 0.322. The van der Waals surface area contributed by atoms with Crippen molar-refractivity contribution in [2.45, 2.75) is 12.6 Å². The molecule has 0 radical (unpaired) electrons. The number of benzene rings is 2. The first-order valence-corrected chi connectivity index (χ1v) is 12.1. The summed E-state index contributed by atoms with van der Waals surface area (Å²) in [4.78, 5) is 6.86. The smallest absolute Gasteiger partial charge is 0.190 e. The van der Waals surface area contributed by atoms with Gasteiger partial charge in [0, 0.05) is 30.3 Å². The van der Waals surface area contributed by atoms with Gasteiger partial charge in [0.25, 0.3) is 0 Å². The molecule has 2 aromatic heterocycles. The molecule has 2 aromatic carbocycles. The number of tetrazole rings is 1. The quantitative estimate of drug-likeness (QED) is 0.401. The first kappa shape index (κ1) is 23.7. The Morgan fingerprint density at radius 1 is 1.06 bits per heavy atom. The molecular weight excluding hydrogens is 483 g/mol. The number of rotatable bonds is 4. The van der Waals surface area contributed by atoms with Gasteiger partial charge in [-0.05, 0) is 41.2 Å². The number of nitrogen functional groups attached to an aromatic ring is 1. The largest absolute Gasteiger partial charge is 0.383 e. The van der Waals surface area contributed by atoms with Crippen molar-refractivity contribution in [3.05, 3.63) is 70.3 Å². The van der Waals surface area contributed by atoms with E-state index in [1.54, 1.807) is 24.4 Å². The lowest BCUT2D eigenvalue weighted by molar-refractivity contribution is -0.939. The lowest BCUT2D eigenvalue weighted by Crippen LogP contribution is -2.55. The maximum Gasteiger partial charge on any atom is 0.190 e. The Bertz CT molecular complexity index is 1370. The van der Waals surface area contributed by atoms with E-state index in [1.165, 1.54) is 16.7 Å². The Morgan fingerprint density at radius 3 is 2.57 bits per heavy atom. The summed E-state index contributed by atoms with van der Waals surface area (Å²) in [5.74, 6) is 0.753. The average molecular weight is 510 g/mol. The lowest BCUT2D eigenvalue weighted by atomic mass is 10.0. The predicted molar refractivity (Wildman–Crippen MR) is 139 cm³/mol. The number of aromatic nitrogens is 5. The summed E-state index contributed by atoms with van der Waals surface area (Å²) in [6, 6.07) is 15.9. The number of hydrogen-bond donors (Lipinski definition) is 1. The van der Waals surface area contributed by atoms with Gasteiger partial charge in [0.1, 0.15) is 5.82 Å². The van der Waals surface area contributed by atoms with Crippen LogP contribution in [0.25, 0.3) is 28.2 Å². The number of pyridine rings is 1. The third-order valence-electron chi connectivity index (χ3n) is 6.66. The molecule has 0 saturated carbocycles. The second-order valence-corrected chi connectivity index (χ2v) is 10.3. The molecule has 0 spiro atoms. The number of nitrogens with two attached hydrogens (primary N) is 1. The van der Waals surface area contributed by atoms with Crippen LogP contribution in [0, 0.1) is 0 Å². The molecule has 1 unspecified atom stereocenters. The van der Waals surface area contributed by atoms with Gasteiger partial charge in [0.2, 0.25) is 0 Å². The number of quaternary nitrogens is 1. The van der Waals surface area contributed by atoms with Crippen LogP contribution in [0.1, 0.15) is 18.2 Å². The Labute approximate surface area is 214 Å². The second-order valence-electron chi connectivity index (χ2n) is 9.48. The highest BCUT2D eigenvalue weighted by atomic mass is 35.5. The van der Waals surface area contributed by atoms with Crippen molar-refractivity contribution in [3.63, 3.8) is 0 Å². The van der Waals surface area contributed by atoms with E-state index in [0.717, 1.165) is 28.7 Å². The molecule has 1 aliphatic heterocycles. The maximum absolute atomic E-state index is 6.42. The molecule has 0 amide bonds. The molecule has 4 aromatic rings. The van der Waals surface area contributed by atoms with Crippen LogP contribution in [-0.4, -0.2) is 68.8 Å². The molecule has 180 valence electrons. The van der Waals surface area contributed by atoms with Crippen molar-refractivity contribution in [2.24, 2.45) is 0 Å². The van der Waals surface area contributed by atoms with Crippen LogP contribution in [0.15, 0.2) is 54.7 Å². The van der Waals surface area contributed by atoms with Crippen LogP contribution >= 0.6 is 23.2 Å². The van der Waals surface area contributed by atoms with Gasteiger partial charge in [0.15, 0.2) is 12.0 Å². The SMILES string of the molecule is CN1CCC[N+](C)(C)C1c1ccc(-c2cnc(N)c(-c3nnnn3-c3cccc(Cl)c3Cl)c2)cc1. The first-order valence-electron chi connectivity index (χ1n) is 11.4. The molecule has 35 heavy (non-hydrogen) atoms. The zero-order valence-corrected chi connectivity index (χ0v) is 21.4. The van der Waals surface area contributed by atoms with E-state index in [2.05, 4.69) is 70.8 Å². The van der Waals surface area contributed by atoms with E-state index < -0.39 is 0 Å². The highest BCUT2D eigenvalue weighted by Crippen LogP contribution is 2.35. The molecule has 1 aliphatic rings. The van der Waals surface area contributed by atoms with Gasteiger partial charge in [-0.1, -0.05) is 53.5 Å². The van der Waals surface area contributed by atoms with Gasteiger partial charge in [-0.2, -0.15) is 4.68 Å². The van der Waals surface area contributed by atoms with Crippen LogP contribution in [0.4, 0.5) is 5.82 Å². The van der Waals surface area contributed by atoms with E-state index in [9.17, 15) is 0 Å². The third kappa shape index (κ3) is 4.38. The molecule has 1 fully saturated rings. The number of nitrogens with zero attached hydrogens (tertiary/aromatic N) is 7. The normalized spacial score (nSPS) is 18.0.